The van der Waals surface area contributed by atoms with E-state index in [9.17, 15) is 14.0 Å². The second-order valence-corrected chi connectivity index (χ2v) is 6.35. The van der Waals surface area contributed by atoms with Gasteiger partial charge in [-0.05, 0) is 48.7 Å². The number of carbonyl (C=O) groups excluding carboxylic acids is 2. The van der Waals surface area contributed by atoms with Crippen LogP contribution in [0.4, 0.5) is 10.2 Å². The maximum absolute atomic E-state index is 13.2. The van der Waals surface area contributed by atoms with Crippen molar-refractivity contribution in [2.24, 2.45) is 5.92 Å². The predicted molar refractivity (Wildman–Crippen MR) is 92.2 cm³/mol. The summed E-state index contributed by atoms with van der Waals surface area (Å²) in [7, 11) is 1.68. The van der Waals surface area contributed by atoms with Crippen molar-refractivity contribution in [2.75, 3.05) is 12.4 Å². The zero-order valence-corrected chi connectivity index (χ0v) is 14.2. The molecule has 2 heterocycles. The standard InChI is InChI=1S/C19H20FN3O2/c1-12-9-10-21-16(11-12)22-19(25)15-7-8-17(24)23(2)18(15)13-3-5-14(20)6-4-13/h3-6,9-11,15,18H,7-8H2,1-2H3,(H,21,22,25)/t15-,18+/m1/s1. The van der Waals surface area contributed by atoms with E-state index in [0.717, 1.165) is 11.1 Å². The Kier molecular flexibility index (Phi) is 4.79. The molecule has 1 saturated heterocycles. The molecular weight excluding hydrogens is 321 g/mol. The predicted octanol–water partition coefficient (Wildman–Crippen LogP) is 3.08. The molecule has 2 amide bonds. The highest BCUT2D eigenvalue weighted by molar-refractivity contribution is 5.94. The minimum atomic E-state index is -0.424. The fourth-order valence-electron chi connectivity index (χ4n) is 3.25. The normalized spacial score (nSPS) is 20.4. The number of aromatic nitrogens is 1. The number of amides is 2. The molecule has 0 radical (unpaired) electrons. The molecule has 1 aliphatic rings. The van der Waals surface area contributed by atoms with Crippen LogP contribution in [0.2, 0.25) is 0 Å². The number of hydrogen-bond donors (Lipinski definition) is 1. The van der Waals surface area contributed by atoms with Gasteiger partial charge >= 0.3 is 0 Å². The van der Waals surface area contributed by atoms with Gasteiger partial charge in [0, 0.05) is 19.7 Å². The molecule has 0 spiro atoms. The van der Waals surface area contributed by atoms with Crippen LogP contribution in [0.15, 0.2) is 42.6 Å². The number of likely N-dealkylation sites (tertiary alicyclic amines) is 1. The van der Waals surface area contributed by atoms with E-state index in [1.54, 1.807) is 36.3 Å². The maximum atomic E-state index is 13.2. The first-order chi connectivity index (χ1) is 12.0. The van der Waals surface area contributed by atoms with Crippen molar-refractivity contribution in [2.45, 2.75) is 25.8 Å². The van der Waals surface area contributed by atoms with Gasteiger partial charge in [-0.25, -0.2) is 9.37 Å². The lowest BCUT2D eigenvalue weighted by Gasteiger charge is -2.38. The number of carbonyl (C=O) groups is 2. The molecule has 0 aliphatic carbocycles. The van der Waals surface area contributed by atoms with E-state index in [1.807, 2.05) is 13.0 Å². The number of benzene rings is 1. The highest BCUT2D eigenvalue weighted by atomic mass is 19.1. The Balaban J connectivity index is 1.87. The fraction of sp³-hybridized carbons (Fsp3) is 0.316. The minimum Gasteiger partial charge on any atom is -0.338 e. The van der Waals surface area contributed by atoms with E-state index in [4.69, 9.17) is 0 Å². The number of aryl methyl sites for hydroxylation is 1. The monoisotopic (exact) mass is 341 g/mol. The van der Waals surface area contributed by atoms with Gasteiger partial charge in [0.1, 0.15) is 11.6 Å². The number of hydrogen-bond acceptors (Lipinski definition) is 3. The Morgan fingerprint density at radius 3 is 2.68 bits per heavy atom. The summed E-state index contributed by atoms with van der Waals surface area (Å²) < 4.78 is 13.2. The first-order valence-electron chi connectivity index (χ1n) is 8.20. The lowest BCUT2D eigenvalue weighted by atomic mass is 9.84. The number of rotatable bonds is 3. The van der Waals surface area contributed by atoms with Gasteiger partial charge < -0.3 is 10.2 Å². The SMILES string of the molecule is Cc1ccnc(NC(=O)[C@@H]2CCC(=O)N(C)[C@H]2c2ccc(F)cc2)c1. The van der Waals surface area contributed by atoms with Crippen molar-refractivity contribution >= 4 is 17.6 Å². The summed E-state index contributed by atoms with van der Waals surface area (Å²) in [5.41, 5.74) is 1.74. The molecule has 2 aromatic rings. The number of piperidine rings is 1. The summed E-state index contributed by atoms with van der Waals surface area (Å²) in [5, 5.41) is 2.84. The van der Waals surface area contributed by atoms with Crippen LogP contribution < -0.4 is 5.32 Å². The van der Waals surface area contributed by atoms with E-state index >= 15 is 0 Å². The van der Waals surface area contributed by atoms with Crippen molar-refractivity contribution in [1.82, 2.24) is 9.88 Å². The third-order valence-electron chi connectivity index (χ3n) is 4.58. The van der Waals surface area contributed by atoms with Gasteiger partial charge in [-0.2, -0.15) is 0 Å². The molecule has 1 aromatic carbocycles. The van der Waals surface area contributed by atoms with Gasteiger partial charge in [0.25, 0.3) is 0 Å². The molecular formula is C19H20FN3O2. The van der Waals surface area contributed by atoms with Crippen molar-refractivity contribution < 1.29 is 14.0 Å². The smallest absolute Gasteiger partial charge is 0.231 e. The topological polar surface area (TPSA) is 62.3 Å². The molecule has 1 aliphatic heterocycles. The zero-order chi connectivity index (χ0) is 18.0. The van der Waals surface area contributed by atoms with E-state index in [1.165, 1.54) is 12.1 Å². The lowest BCUT2D eigenvalue weighted by molar-refractivity contribution is -0.140. The fourth-order valence-corrected chi connectivity index (χ4v) is 3.25. The van der Waals surface area contributed by atoms with Crippen LogP contribution >= 0.6 is 0 Å². The van der Waals surface area contributed by atoms with E-state index < -0.39 is 12.0 Å². The van der Waals surface area contributed by atoms with Crippen LogP contribution in [-0.2, 0) is 9.59 Å². The van der Waals surface area contributed by atoms with Crippen molar-refractivity contribution in [3.8, 4) is 0 Å². The van der Waals surface area contributed by atoms with Gasteiger partial charge in [-0.1, -0.05) is 12.1 Å². The number of anilines is 1. The Morgan fingerprint density at radius 1 is 1.28 bits per heavy atom. The molecule has 6 heteroatoms. The van der Waals surface area contributed by atoms with E-state index in [2.05, 4.69) is 10.3 Å². The second-order valence-electron chi connectivity index (χ2n) is 6.35. The quantitative estimate of drug-likeness (QED) is 0.933. The van der Waals surface area contributed by atoms with Gasteiger partial charge in [-0.15, -0.1) is 0 Å². The third-order valence-corrected chi connectivity index (χ3v) is 4.58. The molecule has 25 heavy (non-hydrogen) atoms. The molecule has 1 fully saturated rings. The van der Waals surface area contributed by atoms with Gasteiger partial charge in [0.2, 0.25) is 11.8 Å². The lowest BCUT2D eigenvalue weighted by Crippen LogP contribution is -2.44. The Morgan fingerprint density at radius 2 is 2.00 bits per heavy atom. The maximum Gasteiger partial charge on any atom is 0.231 e. The molecule has 1 aromatic heterocycles. The van der Waals surface area contributed by atoms with Gasteiger partial charge in [0.15, 0.2) is 0 Å². The van der Waals surface area contributed by atoms with Crippen LogP contribution in [0.25, 0.3) is 0 Å². The minimum absolute atomic E-state index is 0.0212. The summed E-state index contributed by atoms with van der Waals surface area (Å²) in [6.45, 7) is 1.92. The largest absolute Gasteiger partial charge is 0.338 e. The van der Waals surface area contributed by atoms with Crippen molar-refractivity contribution in [1.29, 1.82) is 0 Å². The molecule has 2 atom stereocenters. The summed E-state index contributed by atoms with van der Waals surface area (Å²) in [5.74, 6) is -0.491. The third kappa shape index (κ3) is 3.68. The number of halogens is 1. The van der Waals surface area contributed by atoms with Crippen LogP contribution in [0, 0.1) is 18.7 Å². The van der Waals surface area contributed by atoms with Crippen molar-refractivity contribution in [3.63, 3.8) is 0 Å². The highest BCUT2D eigenvalue weighted by Crippen LogP contribution is 2.36. The molecule has 130 valence electrons. The molecule has 3 rings (SSSR count). The summed E-state index contributed by atoms with van der Waals surface area (Å²) >= 11 is 0. The van der Waals surface area contributed by atoms with Gasteiger partial charge in [-0.3, -0.25) is 9.59 Å². The summed E-state index contributed by atoms with van der Waals surface area (Å²) in [4.78, 5) is 30.7. The average Bonchev–Trinajstić information content (AvgIpc) is 2.58. The average molecular weight is 341 g/mol. The van der Waals surface area contributed by atoms with Crippen LogP contribution in [0.5, 0.6) is 0 Å². The van der Waals surface area contributed by atoms with Gasteiger partial charge in [0.05, 0.1) is 12.0 Å². The Labute approximate surface area is 145 Å². The number of pyridine rings is 1. The van der Waals surface area contributed by atoms with Crippen molar-refractivity contribution in [3.05, 3.63) is 59.5 Å². The summed E-state index contributed by atoms with van der Waals surface area (Å²) in [6, 6.07) is 9.16. The second kappa shape index (κ2) is 7.01. The van der Waals surface area contributed by atoms with E-state index in [-0.39, 0.29) is 17.6 Å². The first kappa shape index (κ1) is 17.1. The Hall–Kier alpha value is -2.76. The molecule has 0 saturated carbocycles. The summed E-state index contributed by atoms with van der Waals surface area (Å²) in [6.07, 6.45) is 2.40. The number of nitrogens with one attached hydrogen (secondary N) is 1. The zero-order valence-electron chi connectivity index (χ0n) is 14.2. The molecule has 0 unspecified atom stereocenters. The highest BCUT2D eigenvalue weighted by Gasteiger charge is 2.38. The van der Waals surface area contributed by atoms with E-state index in [0.29, 0.717) is 18.7 Å². The van der Waals surface area contributed by atoms with Crippen LogP contribution in [-0.4, -0.2) is 28.7 Å². The van der Waals surface area contributed by atoms with Crippen LogP contribution in [0.3, 0.4) is 0 Å². The molecule has 0 bridgehead atoms. The Bertz CT molecular complexity index is 792. The van der Waals surface area contributed by atoms with Crippen LogP contribution in [0.1, 0.15) is 30.0 Å². The molecule has 5 nitrogen and oxygen atoms in total. The number of nitrogens with zero attached hydrogens (tertiary/aromatic N) is 2. The molecule has 1 N–H and O–H groups in total. The first-order valence-corrected chi connectivity index (χ1v) is 8.20.